The number of hydrogen-bond donors (Lipinski definition) is 0. The van der Waals surface area contributed by atoms with Gasteiger partial charge in [0, 0.05) is 11.8 Å². The van der Waals surface area contributed by atoms with Crippen LogP contribution in [0, 0.1) is 0 Å². The summed E-state index contributed by atoms with van der Waals surface area (Å²) < 4.78 is 5.87. The molecule has 0 aliphatic heterocycles. The first-order valence-corrected chi connectivity index (χ1v) is 6.74. The first-order chi connectivity index (χ1) is 10.1. The highest BCUT2D eigenvalue weighted by Gasteiger charge is 2.11. The summed E-state index contributed by atoms with van der Waals surface area (Å²) in [6.45, 7) is 1.86. The SMILES string of the molecule is CCOC(=O)CCC(=O)Cn1ncc2ccccc2c1=O. The van der Waals surface area contributed by atoms with Crippen LogP contribution in [0.25, 0.3) is 10.8 Å². The van der Waals surface area contributed by atoms with Crippen molar-refractivity contribution in [3.63, 3.8) is 0 Å². The van der Waals surface area contributed by atoms with Gasteiger partial charge in [-0.15, -0.1) is 0 Å². The lowest BCUT2D eigenvalue weighted by Crippen LogP contribution is -2.26. The summed E-state index contributed by atoms with van der Waals surface area (Å²) in [5, 5.41) is 5.23. The Morgan fingerprint density at radius 2 is 2.00 bits per heavy atom. The first kappa shape index (κ1) is 14.9. The fraction of sp³-hybridized carbons (Fsp3) is 0.333. The van der Waals surface area contributed by atoms with Crippen molar-refractivity contribution in [2.24, 2.45) is 0 Å². The van der Waals surface area contributed by atoms with Crippen LogP contribution in [0.3, 0.4) is 0 Å². The molecule has 2 rings (SSSR count). The molecule has 0 radical (unpaired) electrons. The second kappa shape index (κ2) is 6.78. The highest BCUT2D eigenvalue weighted by molar-refractivity contribution is 5.83. The van der Waals surface area contributed by atoms with Gasteiger partial charge in [-0.3, -0.25) is 14.4 Å². The van der Waals surface area contributed by atoms with Gasteiger partial charge in [0.15, 0.2) is 5.78 Å². The maximum Gasteiger partial charge on any atom is 0.306 e. The summed E-state index contributed by atoms with van der Waals surface area (Å²) in [6.07, 6.45) is 1.62. The van der Waals surface area contributed by atoms with Gasteiger partial charge in [-0.25, -0.2) is 4.68 Å². The van der Waals surface area contributed by atoms with E-state index in [1.165, 1.54) is 0 Å². The summed E-state index contributed by atoms with van der Waals surface area (Å²) in [6, 6.07) is 7.06. The quantitative estimate of drug-likeness (QED) is 0.749. The Morgan fingerprint density at radius 3 is 2.76 bits per heavy atom. The Morgan fingerprint density at radius 1 is 1.24 bits per heavy atom. The molecule has 110 valence electrons. The van der Waals surface area contributed by atoms with Crippen molar-refractivity contribution >= 4 is 22.5 Å². The third kappa shape index (κ3) is 3.75. The van der Waals surface area contributed by atoms with Gasteiger partial charge in [-0.1, -0.05) is 18.2 Å². The van der Waals surface area contributed by atoms with E-state index in [2.05, 4.69) is 5.10 Å². The van der Waals surface area contributed by atoms with Gasteiger partial charge >= 0.3 is 5.97 Å². The van der Waals surface area contributed by atoms with E-state index in [9.17, 15) is 14.4 Å². The number of rotatable bonds is 6. The summed E-state index contributed by atoms with van der Waals surface area (Å²) in [5.41, 5.74) is -0.308. The van der Waals surface area contributed by atoms with E-state index in [0.29, 0.717) is 12.0 Å². The molecule has 6 nitrogen and oxygen atoms in total. The molecule has 0 N–H and O–H groups in total. The van der Waals surface area contributed by atoms with E-state index in [1.807, 2.05) is 6.07 Å². The lowest BCUT2D eigenvalue weighted by Gasteiger charge is -2.05. The van der Waals surface area contributed by atoms with Crippen molar-refractivity contribution in [1.29, 1.82) is 0 Å². The average molecular weight is 288 g/mol. The summed E-state index contributed by atoms with van der Waals surface area (Å²) in [4.78, 5) is 35.1. The van der Waals surface area contributed by atoms with Crippen LogP contribution in [-0.4, -0.2) is 28.1 Å². The van der Waals surface area contributed by atoms with Gasteiger partial charge < -0.3 is 4.74 Å². The van der Waals surface area contributed by atoms with E-state index in [1.54, 1.807) is 31.3 Å². The minimum atomic E-state index is -0.412. The van der Waals surface area contributed by atoms with E-state index < -0.39 is 5.97 Å². The number of esters is 1. The highest BCUT2D eigenvalue weighted by atomic mass is 16.5. The number of carbonyl (C=O) groups is 2. The van der Waals surface area contributed by atoms with E-state index in [0.717, 1.165) is 10.1 Å². The largest absolute Gasteiger partial charge is 0.466 e. The molecule has 0 spiro atoms. The highest BCUT2D eigenvalue weighted by Crippen LogP contribution is 2.06. The normalized spacial score (nSPS) is 10.5. The standard InChI is InChI=1S/C15H16N2O4/c1-2-21-14(19)8-7-12(18)10-17-15(20)13-6-4-3-5-11(13)9-16-17/h3-6,9H,2,7-8,10H2,1H3. The maximum absolute atomic E-state index is 12.2. The number of ketones is 1. The number of ether oxygens (including phenoxy) is 1. The molecule has 0 aliphatic rings. The van der Waals surface area contributed by atoms with Crippen LogP contribution >= 0.6 is 0 Å². The fourth-order valence-electron chi connectivity index (χ4n) is 1.96. The van der Waals surface area contributed by atoms with Gasteiger partial charge in [0.25, 0.3) is 5.56 Å². The minimum Gasteiger partial charge on any atom is -0.466 e. The summed E-state index contributed by atoms with van der Waals surface area (Å²) in [5.74, 6) is -0.641. The van der Waals surface area contributed by atoms with Crippen LogP contribution in [0.4, 0.5) is 0 Å². The first-order valence-electron chi connectivity index (χ1n) is 6.74. The number of fused-ring (bicyclic) bond motifs is 1. The van der Waals surface area contributed by atoms with Gasteiger partial charge in [0.2, 0.25) is 0 Å². The van der Waals surface area contributed by atoms with E-state index >= 15 is 0 Å². The second-order valence-electron chi connectivity index (χ2n) is 4.54. The molecular formula is C15H16N2O4. The third-order valence-corrected chi connectivity index (χ3v) is 3.00. The maximum atomic E-state index is 12.2. The van der Waals surface area contributed by atoms with Crippen LogP contribution in [0.2, 0.25) is 0 Å². The molecule has 0 saturated heterocycles. The van der Waals surface area contributed by atoms with Crippen molar-refractivity contribution in [3.05, 3.63) is 40.8 Å². The Hall–Kier alpha value is -2.50. The Bertz CT molecular complexity index is 721. The molecule has 1 aromatic carbocycles. The molecular weight excluding hydrogens is 272 g/mol. The predicted octanol–water partition coefficient (Wildman–Crippen LogP) is 1.31. The number of carbonyl (C=O) groups excluding carboxylic acids is 2. The number of aromatic nitrogens is 2. The van der Waals surface area contributed by atoms with Crippen molar-refractivity contribution < 1.29 is 14.3 Å². The molecule has 0 aliphatic carbocycles. The van der Waals surface area contributed by atoms with Crippen molar-refractivity contribution in [1.82, 2.24) is 9.78 Å². The van der Waals surface area contributed by atoms with Gasteiger partial charge in [0.1, 0.15) is 6.54 Å². The number of nitrogens with zero attached hydrogens (tertiary/aromatic N) is 2. The van der Waals surface area contributed by atoms with E-state index in [-0.39, 0.29) is 30.7 Å². The van der Waals surface area contributed by atoms with Crippen molar-refractivity contribution in [3.8, 4) is 0 Å². The zero-order chi connectivity index (χ0) is 15.2. The van der Waals surface area contributed by atoms with Crippen LogP contribution in [0.1, 0.15) is 19.8 Å². The molecule has 0 amide bonds. The van der Waals surface area contributed by atoms with Gasteiger partial charge in [-0.05, 0) is 13.0 Å². The Labute approximate surface area is 121 Å². The van der Waals surface area contributed by atoms with Gasteiger partial charge in [0.05, 0.1) is 24.6 Å². The second-order valence-corrected chi connectivity index (χ2v) is 4.54. The molecule has 0 fully saturated rings. The van der Waals surface area contributed by atoms with Crippen molar-refractivity contribution in [2.75, 3.05) is 6.61 Å². The lowest BCUT2D eigenvalue weighted by molar-refractivity contribution is -0.144. The summed E-state index contributed by atoms with van der Waals surface area (Å²) in [7, 11) is 0. The molecule has 0 saturated carbocycles. The molecule has 0 atom stereocenters. The number of hydrogen-bond acceptors (Lipinski definition) is 5. The van der Waals surface area contributed by atoms with Crippen molar-refractivity contribution in [2.45, 2.75) is 26.3 Å². The molecule has 1 heterocycles. The number of benzene rings is 1. The van der Waals surface area contributed by atoms with Crippen LogP contribution in [0.15, 0.2) is 35.3 Å². The number of Topliss-reactive ketones (excluding diaryl/α,β-unsaturated/α-hetero) is 1. The lowest BCUT2D eigenvalue weighted by atomic mass is 10.2. The zero-order valence-corrected chi connectivity index (χ0v) is 11.7. The van der Waals surface area contributed by atoms with Crippen LogP contribution in [0.5, 0.6) is 0 Å². The topological polar surface area (TPSA) is 78.3 Å². The third-order valence-electron chi connectivity index (χ3n) is 3.00. The fourth-order valence-corrected chi connectivity index (χ4v) is 1.96. The molecule has 1 aromatic heterocycles. The molecule has 0 bridgehead atoms. The molecule has 0 unspecified atom stereocenters. The van der Waals surface area contributed by atoms with Gasteiger partial charge in [-0.2, -0.15) is 5.10 Å². The molecule has 21 heavy (non-hydrogen) atoms. The Balaban J connectivity index is 2.06. The Kier molecular flexibility index (Phi) is 4.81. The van der Waals surface area contributed by atoms with E-state index in [4.69, 9.17) is 4.74 Å². The average Bonchev–Trinajstić information content (AvgIpc) is 2.49. The van der Waals surface area contributed by atoms with Crippen LogP contribution in [-0.2, 0) is 20.9 Å². The zero-order valence-electron chi connectivity index (χ0n) is 11.7. The molecule has 2 aromatic rings. The monoisotopic (exact) mass is 288 g/mol. The predicted molar refractivity (Wildman–Crippen MR) is 76.9 cm³/mol. The smallest absolute Gasteiger partial charge is 0.306 e. The van der Waals surface area contributed by atoms with Crippen LogP contribution < -0.4 is 5.56 Å². The minimum absolute atomic E-state index is 0.0228. The summed E-state index contributed by atoms with van der Waals surface area (Å²) >= 11 is 0. The molecule has 6 heteroatoms.